The lowest BCUT2D eigenvalue weighted by Crippen LogP contribution is -2.17. The third kappa shape index (κ3) is 2.79. The van der Waals surface area contributed by atoms with Crippen molar-refractivity contribution in [1.29, 1.82) is 0 Å². The molecule has 1 saturated heterocycles. The van der Waals surface area contributed by atoms with Crippen LogP contribution in [0.3, 0.4) is 0 Å². The second-order valence-electron chi connectivity index (χ2n) is 4.28. The van der Waals surface area contributed by atoms with E-state index in [1.807, 2.05) is 36.0 Å². The molecule has 1 heterocycles. The summed E-state index contributed by atoms with van der Waals surface area (Å²) < 4.78 is 0. The maximum atomic E-state index is 11.3. The van der Waals surface area contributed by atoms with Gasteiger partial charge < -0.3 is 5.73 Å². The number of nitrogens with two attached hydrogens (primary N) is 1. The van der Waals surface area contributed by atoms with E-state index in [0.29, 0.717) is 5.56 Å². The van der Waals surface area contributed by atoms with Gasteiger partial charge in [-0.3, -0.25) is 4.79 Å². The molecule has 1 fully saturated rings. The normalized spacial score (nSPS) is 17.2. The molecular weight excluding hydrogens is 218 g/mol. The van der Waals surface area contributed by atoms with Gasteiger partial charge in [0.05, 0.1) is 0 Å². The number of carbonyl (C=O) groups excluding carboxylic acids is 1. The van der Waals surface area contributed by atoms with Crippen LogP contribution in [0.25, 0.3) is 0 Å². The molecule has 0 aliphatic carbocycles. The number of thioether (sulfide) groups is 1. The van der Waals surface area contributed by atoms with Gasteiger partial charge in [-0.25, -0.2) is 0 Å². The van der Waals surface area contributed by atoms with E-state index in [9.17, 15) is 4.79 Å². The van der Waals surface area contributed by atoms with Crippen molar-refractivity contribution in [3.63, 3.8) is 0 Å². The maximum Gasteiger partial charge on any atom is 0.248 e. The first-order valence-electron chi connectivity index (χ1n) is 5.73. The minimum Gasteiger partial charge on any atom is -0.366 e. The van der Waals surface area contributed by atoms with Crippen LogP contribution in [-0.4, -0.2) is 17.4 Å². The topological polar surface area (TPSA) is 43.1 Å². The summed E-state index contributed by atoms with van der Waals surface area (Å²) >= 11 is 2.03. The third-order valence-electron chi connectivity index (χ3n) is 3.13. The quantitative estimate of drug-likeness (QED) is 0.874. The van der Waals surface area contributed by atoms with Gasteiger partial charge in [-0.15, -0.1) is 0 Å². The van der Waals surface area contributed by atoms with Crippen LogP contribution in [0.15, 0.2) is 24.3 Å². The first-order chi connectivity index (χ1) is 7.77. The van der Waals surface area contributed by atoms with Crippen molar-refractivity contribution in [3.8, 4) is 0 Å². The lowest BCUT2D eigenvalue weighted by atomic mass is 9.91. The standard InChI is InChI=1S/C13H17NOS/c14-13(15)12-4-2-1-3-11(12)9-10-5-7-16-8-6-10/h1-4,10H,5-9H2,(H2,14,15). The second kappa shape index (κ2) is 5.39. The van der Waals surface area contributed by atoms with Crippen LogP contribution < -0.4 is 5.73 Å². The van der Waals surface area contributed by atoms with Gasteiger partial charge in [0.2, 0.25) is 5.91 Å². The molecule has 1 aliphatic heterocycles. The van der Waals surface area contributed by atoms with Gasteiger partial charge in [0.15, 0.2) is 0 Å². The van der Waals surface area contributed by atoms with Crippen LogP contribution in [0.5, 0.6) is 0 Å². The number of amides is 1. The molecule has 2 nitrogen and oxygen atoms in total. The van der Waals surface area contributed by atoms with Crippen molar-refractivity contribution in [3.05, 3.63) is 35.4 Å². The van der Waals surface area contributed by atoms with Crippen molar-refractivity contribution in [2.75, 3.05) is 11.5 Å². The number of carbonyl (C=O) groups is 1. The largest absolute Gasteiger partial charge is 0.366 e. The number of hydrogen-bond donors (Lipinski definition) is 1. The molecular formula is C13H17NOS. The zero-order valence-electron chi connectivity index (χ0n) is 9.32. The minimum absolute atomic E-state index is 0.305. The molecule has 86 valence electrons. The molecule has 1 aromatic rings. The first-order valence-corrected chi connectivity index (χ1v) is 6.88. The predicted molar refractivity (Wildman–Crippen MR) is 68.7 cm³/mol. The molecule has 2 N–H and O–H groups in total. The highest BCUT2D eigenvalue weighted by Crippen LogP contribution is 2.26. The lowest BCUT2D eigenvalue weighted by molar-refractivity contribution is 0.0999. The molecule has 1 aliphatic rings. The van der Waals surface area contributed by atoms with Crippen LogP contribution in [0.2, 0.25) is 0 Å². The highest BCUT2D eigenvalue weighted by Gasteiger charge is 2.16. The van der Waals surface area contributed by atoms with Gasteiger partial charge >= 0.3 is 0 Å². The highest BCUT2D eigenvalue weighted by molar-refractivity contribution is 7.99. The Balaban J connectivity index is 2.10. The van der Waals surface area contributed by atoms with E-state index in [0.717, 1.165) is 17.9 Å². The SMILES string of the molecule is NC(=O)c1ccccc1CC1CCSCC1. The van der Waals surface area contributed by atoms with Crippen LogP contribution >= 0.6 is 11.8 Å². The predicted octanol–water partition coefficient (Wildman–Crippen LogP) is 2.47. The Kier molecular flexibility index (Phi) is 3.88. The van der Waals surface area contributed by atoms with Crippen LogP contribution in [0.4, 0.5) is 0 Å². The summed E-state index contributed by atoms with van der Waals surface area (Å²) in [6.45, 7) is 0. The molecule has 0 aromatic heterocycles. The summed E-state index contributed by atoms with van der Waals surface area (Å²) in [5.41, 5.74) is 7.19. The van der Waals surface area contributed by atoms with E-state index >= 15 is 0 Å². The summed E-state index contributed by atoms with van der Waals surface area (Å²) in [7, 11) is 0. The van der Waals surface area contributed by atoms with Gasteiger partial charge in [0, 0.05) is 5.56 Å². The van der Waals surface area contributed by atoms with E-state index in [1.165, 1.54) is 24.3 Å². The molecule has 0 spiro atoms. The van der Waals surface area contributed by atoms with Crippen LogP contribution in [0, 0.1) is 5.92 Å². The summed E-state index contributed by atoms with van der Waals surface area (Å²) in [5.74, 6) is 2.93. The molecule has 0 unspecified atom stereocenters. The molecule has 0 radical (unpaired) electrons. The summed E-state index contributed by atoms with van der Waals surface area (Å²) in [4.78, 5) is 11.3. The fourth-order valence-corrected chi connectivity index (χ4v) is 3.40. The Hall–Kier alpha value is -0.960. The third-order valence-corrected chi connectivity index (χ3v) is 4.18. The highest BCUT2D eigenvalue weighted by atomic mass is 32.2. The first kappa shape index (κ1) is 11.5. The van der Waals surface area contributed by atoms with Gasteiger partial charge in [-0.2, -0.15) is 11.8 Å². The summed E-state index contributed by atoms with van der Waals surface area (Å²) in [5, 5.41) is 0. The van der Waals surface area contributed by atoms with Crippen molar-refractivity contribution in [1.82, 2.24) is 0 Å². The van der Waals surface area contributed by atoms with Crippen molar-refractivity contribution >= 4 is 17.7 Å². The van der Waals surface area contributed by atoms with Gasteiger partial charge in [0.1, 0.15) is 0 Å². The number of rotatable bonds is 3. The smallest absolute Gasteiger partial charge is 0.248 e. The molecule has 0 atom stereocenters. The average Bonchev–Trinajstić information content (AvgIpc) is 2.31. The zero-order chi connectivity index (χ0) is 11.4. The van der Waals surface area contributed by atoms with Crippen molar-refractivity contribution in [2.24, 2.45) is 11.7 Å². The fourth-order valence-electron chi connectivity index (χ4n) is 2.20. The van der Waals surface area contributed by atoms with E-state index in [1.54, 1.807) is 0 Å². The number of primary amides is 1. The van der Waals surface area contributed by atoms with Crippen molar-refractivity contribution in [2.45, 2.75) is 19.3 Å². The Bertz CT molecular complexity index is 372. The van der Waals surface area contributed by atoms with E-state index in [-0.39, 0.29) is 5.91 Å². The zero-order valence-corrected chi connectivity index (χ0v) is 10.1. The Morgan fingerprint density at radius 1 is 1.31 bits per heavy atom. The fraction of sp³-hybridized carbons (Fsp3) is 0.462. The van der Waals surface area contributed by atoms with Gasteiger partial charge in [0.25, 0.3) is 0 Å². The Labute approximate surface area is 101 Å². The van der Waals surface area contributed by atoms with Gasteiger partial charge in [-0.1, -0.05) is 18.2 Å². The second-order valence-corrected chi connectivity index (χ2v) is 5.51. The molecule has 1 aromatic carbocycles. The number of benzene rings is 1. The average molecular weight is 235 g/mol. The van der Waals surface area contributed by atoms with Crippen LogP contribution in [-0.2, 0) is 6.42 Å². The van der Waals surface area contributed by atoms with E-state index in [2.05, 4.69) is 0 Å². The molecule has 16 heavy (non-hydrogen) atoms. The molecule has 2 rings (SSSR count). The Morgan fingerprint density at radius 2 is 2.00 bits per heavy atom. The minimum atomic E-state index is -0.305. The van der Waals surface area contributed by atoms with Crippen LogP contribution in [0.1, 0.15) is 28.8 Å². The summed E-state index contributed by atoms with van der Waals surface area (Å²) in [6, 6.07) is 7.72. The van der Waals surface area contributed by atoms with Crippen molar-refractivity contribution < 1.29 is 4.79 Å². The molecule has 0 bridgehead atoms. The van der Waals surface area contributed by atoms with Gasteiger partial charge in [-0.05, 0) is 48.3 Å². The number of hydrogen-bond acceptors (Lipinski definition) is 2. The summed E-state index contributed by atoms with van der Waals surface area (Å²) in [6.07, 6.45) is 3.52. The lowest BCUT2D eigenvalue weighted by Gasteiger charge is -2.22. The van der Waals surface area contributed by atoms with E-state index in [4.69, 9.17) is 5.73 Å². The maximum absolute atomic E-state index is 11.3. The Morgan fingerprint density at radius 3 is 2.69 bits per heavy atom. The molecule has 1 amide bonds. The van der Waals surface area contributed by atoms with E-state index < -0.39 is 0 Å². The molecule has 3 heteroatoms. The molecule has 0 saturated carbocycles. The monoisotopic (exact) mass is 235 g/mol.